The number of likely N-dealkylation sites (N-methyl/N-ethyl adjacent to an activating group) is 1. The highest BCUT2D eigenvalue weighted by Crippen LogP contribution is 2.20. The van der Waals surface area contributed by atoms with E-state index in [0.29, 0.717) is 5.92 Å². The van der Waals surface area contributed by atoms with Gasteiger partial charge in [-0.3, -0.25) is 0 Å². The van der Waals surface area contributed by atoms with Crippen LogP contribution in [0.25, 0.3) is 0 Å². The number of rotatable bonds is 6. The van der Waals surface area contributed by atoms with E-state index < -0.39 is 0 Å². The van der Waals surface area contributed by atoms with Crippen LogP contribution in [0.5, 0.6) is 0 Å². The lowest BCUT2D eigenvalue weighted by Crippen LogP contribution is -2.22. The Morgan fingerprint density at radius 3 is 2.17 bits per heavy atom. The Balaban J connectivity index is 2.93. The van der Waals surface area contributed by atoms with E-state index in [-0.39, 0.29) is 0 Å². The second-order valence-corrected chi connectivity index (χ2v) is 5.17. The Kier molecular flexibility index (Phi) is 5.69. The molecule has 18 heavy (non-hydrogen) atoms. The molecular weight excluding hydrogens is 224 g/mol. The van der Waals surface area contributed by atoms with Crippen LogP contribution in [0.15, 0.2) is 0 Å². The number of nitrogens with zero attached hydrogens (tertiary/aromatic N) is 3. The second-order valence-electron chi connectivity index (χ2n) is 5.17. The average molecular weight is 250 g/mol. The maximum Gasteiger partial charge on any atom is 0.142 e. The molecule has 0 radical (unpaired) electrons. The number of aryl methyl sites for hydroxylation is 2. The smallest absolute Gasteiger partial charge is 0.142 e. The standard InChI is InChI=1S/C14H26N4/c1-7-15-8-10(2)14-11(3)16-13(9-18(5)6)17-12(14)4/h10,15H,7-9H2,1-6H3. The first-order valence-corrected chi connectivity index (χ1v) is 6.65. The summed E-state index contributed by atoms with van der Waals surface area (Å²) in [5, 5.41) is 3.38. The van der Waals surface area contributed by atoms with E-state index in [1.165, 1.54) is 5.56 Å². The first-order valence-electron chi connectivity index (χ1n) is 6.65. The molecule has 0 saturated heterocycles. The summed E-state index contributed by atoms with van der Waals surface area (Å²) in [7, 11) is 4.07. The van der Waals surface area contributed by atoms with Crippen molar-refractivity contribution >= 4 is 0 Å². The molecule has 1 atom stereocenters. The van der Waals surface area contributed by atoms with Gasteiger partial charge in [0.15, 0.2) is 0 Å². The van der Waals surface area contributed by atoms with Crippen molar-refractivity contribution in [2.24, 2.45) is 0 Å². The molecule has 0 amide bonds. The predicted molar refractivity (Wildman–Crippen MR) is 75.9 cm³/mol. The molecular formula is C14H26N4. The zero-order valence-corrected chi connectivity index (χ0v) is 12.5. The fourth-order valence-corrected chi connectivity index (χ4v) is 2.32. The third-order valence-corrected chi connectivity index (χ3v) is 3.02. The quantitative estimate of drug-likeness (QED) is 0.837. The van der Waals surface area contributed by atoms with Gasteiger partial charge in [0.25, 0.3) is 0 Å². The van der Waals surface area contributed by atoms with E-state index in [2.05, 4.69) is 47.9 Å². The van der Waals surface area contributed by atoms with E-state index in [4.69, 9.17) is 0 Å². The van der Waals surface area contributed by atoms with Gasteiger partial charge in [-0.15, -0.1) is 0 Å². The fourth-order valence-electron chi connectivity index (χ4n) is 2.32. The van der Waals surface area contributed by atoms with Crippen molar-refractivity contribution in [3.63, 3.8) is 0 Å². The maximum absolute atomic E-state index is 4.62. The molecule has 0 aliphatic carbocycles. The van der Waals surface area contributed by atoms with Crippen LogP contribution in [0.2, 0.25) is 0 Å². The molecule has 0 aliphatic rings. The van der Waals surface area contributed by atoms with Crippen LogP contribution in [-0.2, 0) is 6.54 Å². The van der Waals surface area contributed by atoms with Crippen LogP contribution < -0.4 is 5.32 Å². The number of hydrogen-bond donors (Lipinski definition) is 1. The topological polar surface area (TPSA) is 41.1 Å². The van der Waals surface area contributed by atoms with Crippen molar-refractivity contribution in [2.45, 2.75) is 40.2 Å². The average Bonchev–Trinajstić information content (AvgIpc) is 2.24. The van der Waals surface area contributed by atoms with Gasteiger partial charge in [-0.25, -0.2) is 9.97 Å². The summed E-state index contributed by atoms with van der Waals surface area (Å²) in [5.41, 5.74) is 3.52. The van der Waals surface area contributed by atoms with Crippen LogP contribution in [0, 0.1) is 13.8 Å². The second kappa shape index (κ2) is 6.81. The molecule has 4 nitrogen and oxygen atoms in total. The van der Waals surface area contributed by atoms with Gasteiger partial charge in [0.05, 0.1) is 6.54 Å². The molecule has 1 aromatic rings. The summed E-state index contributed by atoms with van der Waals surface area (Å²) in [5.74, 6) is 1.37. The Morgan fingerprint density at radius 1 is 1.17 bits per heavy atom. The Bertz CT molecular complexity index is 364. The molecule has 0 aromatic carbocycles. The van der Waals surface area contributed by atoms with Gasteiger partial charge in [-0.1, -0.05) is 13.8 Å². The lowest BCUT2D eigenvalue weighted by atomic mass is 9.98. The monoisotopic (exact) mass is 250 g/mol. The van der Waals surface area contributed by atoms with Crippen LogP contribution >= 0.6 is 0 Å². The number of hydrogen-bond acceptors (Lipinski definition) is 4. The molecule has 1 N–H and O–H groups in total. The summed E-state index contributed by atoms with van der Waals surface area (Å²) in [6.07, 6.45) is 0. The fraction of sp³-hybridized carbons (Fsp3) is 0.714. The first kappa shape index (κ1) is 15.1. The van der Waals surface area contributed by atoms with Crippen molar-refractivity contribution in [1.82, 2.24) is 20.2 Å². The molecule has 0 saturated carbocycles. The third kappa shape index (κ3) is 4.03. The van der Waals surface area contributed by atoms with Crippen molar-refractivity contribution in [3.05, 3.63) is 22.8 Å². The Hall–Kier alpha value is -1.00. The summed E-state index contributed by atoms with van der Waals surface area (Å²) in [4.78, 5) is 11.3. The molecule has 0 spiro atoms. The minimum atomic E-state index is 0.457. The number of aromatic nitrogens is 2. The van der Waals surface area contributed by atoms with Crippen molar-refractivity contribution in [2.75, 3.05) is 27.2 Å². The van der Waals surface area contributed by atoms with Gasteiger partial charge in [0.2, 0.25) is 0 Å². The van der Waals surface area contributed by atoms with E-state index in [1.807, 2.05) is 14.1 Å². The molecule has 0 bridgehead atoms. The van der Waals surface area contributed by atoms with Crippen LogP contribution in [0.3, 0.4) is 0 Å². The summed E-state index contributed by atoms with van der Waals surface area (Å²) >= 11 is 0. The zero-order valence-electron chi connectivity index (χ0n) is 12.5. The van der Waals surface area contributed by atoms with Crippen molar-refractivity contribution in [1.29, 1.82) is 0 Å². The SMILES string of the molecule is CCNCC(C)c1c(C)nc(CN(C)C)nc1C. The van der Waals surface area contributed by atoms with E-state index in [0.717, 1.165) is 36.8 Å². The Morgan fingerprint density at radius 2 is 1.72 bits per heavy atom. The first-order chi connectivity index (χ1) is 8.45. The Labute approximate surface area is 111 Å². The van der Waals surface area contributed by atoms with Gasteiger partial charge in [0.1, 0.15) is 5.82 Å². The van der Waals surface area contributed by atoms with Crippen LogP contribution in [0.4, 0.5) is 0 Å². The highest BCUT2D eigenvalue weighted by molar-refractivity contribution is 5.28. The number of nitrogens with one attached hydrogen (secondary N) is 1. The van der Waals surface area contributed by atoms with Crippen molar-refractivity contribution < 1.29 is 0 Å². The normalized spacial score (nSPS) is 13.1. The molecule has 0 aliphatic heterocycles. The molecule has 1 unspecified atom stereocenters. The highest BCUT2D eigenvalue weighted by Gasteiger charge is 2.14. The van der Waals surface area contributed by atoms with E-state index in [1.54, 1.807) is 0 Å². The summed E-state index contributed by atoms with van der Waals surface area (Å²) in [6, 6.07) is 0. The largest absolute Gasteiger partial charge is 0.316 e. The summed E-state index contributed by atoms with van der Waals surface area (Å²) in [6.45, 7) is 11.3. The predicted octanol–water partition coefficient (Wildman–Crippen LogP) is 1.87. The lowest BCUT2D eigenvalue weighted by molar-refractivity contribution is 0.389. The molecule has 0 fully saturated rings. The van der Waals surface area contributed by atoms with Crippen LogP contribution in [0.1, 0.15) is 42.5 Å². The van der Waals surface area contributed by atoms with Gasteiger partial charge in [-0.2, -0.15) is 0 Å². The van der Waals surface area contributed by atoms with Crippen LogP contribution in [-0.4, -0.2) is 42.1 Å². The van der Waals surface area contributed by atoms with Gasteiger partial charge in [-0.05, 0) is 46.0 Å². The molecule has 1 aromatic heterocycles. The molecule has 4 heteroatoms. The third-order valence-electron chi connectivity index (χ3n) is 3.02. The summed E-state index contributed by atoms with van der Waals surface area (Å²) < 4.78 is 0. The van der Waals surface area contributed by atoms with Gasteiger partial charge >= 0.3 is 0 Å². The maximum atomic E-state index is 4.62. The van der Waals surface area contributed by atoms with Gasteiger partial charge < -0.3 is 10.2 Å². The highest BCUT2D eigenvalue weighted by atomic mass is 15.1. The minimum absolute atomic E-state index is 0.457. The molecule has 102 valence electrons. The van der Waals surface area contributed by atoms with E-state index >= 15 is 0 Å². The lowest BCUT2D eigenvalue weighted by Gasteiger charge is -2.18. The van der Waals surface area contributed by atoms with Gasteiger partial charge in [0, 0.05) is 17.9 Å². The zero-order chi connectivity index (χ0) is 13.7. The van der Waals surface area contributed by atoms with Crippen molar-refractivity contribution in [3.8, 4) is 0 Å². The minimum Gasteiger partial charge on any atom is -0.316 e. The molecule has 1 rings (SSSR count). The molecule has 1 heterocycles. The van der Waals surface area contributed by atoms with E-state index in [9.17, 15) is 0 Å².